The summed E-state index contributed by atoms with van der Waals surface area (Å²) in [5.41, 5.74) is 1.09. The second-order valence-electron chi connectivity index (χ2n) is 7.80. The molecule has 0 bridgehead atoms. The third-order valence-corrected chi connectivity index (χ3v) is 5.54. The molecule has 3 aromatic rings. The number of nitro groups is 1. The molecule has 1 saturated heterocycles. The molecule has 1 aliphatic heterocycles. The van der Waals surface area contributed by atoms with Gasteiger partial charge in [0.1, 0.15) is 17.2 Å². The lowest BCUT2D eigenvalue weighted by atomic mass is 10.1. The van der Waals surface area contributed by atoms with Crippen molar-refractivity contribution < 1.29 is 18.9 Å². The molecule has 9 nitrogen and oxygen atoms in total. The molecule has 1 atom stereocenters. The van der Waals surface area contributed by atoms with Crippen LogP contribution in [0.25, 0.3) is 0 Å². The topological polar surface area (TPSA) is 110 Å². The van der Waals surface area contributed by atoms with E-state index in [0.29, 0.717) is 25.4 Å². The number of benzene rings is 2. The van der Waals surface area contributed by atoms with E-state index in [0.717, 1.165) is 30.3 Å². The van der Waals surface area contributed by atoms with Crippen molar-refractivity contribution in [3.8, 4) is 0 Å². The van der Waals surface area contributed by atoms with Crippen molar-refractivity contribution in [3.63, 3.8) is 0 Å². The van der Waals surface area contributed by atoms with Crippen LogP contribution < -0.4 is 10.6 Å². The number of para-hydroxylation sites is 1. The van der Waals surface area contributed by atoms with Gasteiger partial charge in [-0.25, -0.2) is 0 Å². The van der Waals surface area contributed by atoms with Crippen LogP contribution in [0, 0.1) is 17.0 Å². The van der Waals surface area contributed by atoms with E-state index in [9.17, 15) is 14.9 Å². The number of ether oxygens (including phenoxy) is 1. The number of carbonyl (C=O) groups excluding carboxylic acids is 1. The lowest BCUT2D eigenvalue weighted by Crippen LogP contribution is -2.43. The van der Waals surface area contributed by atoms with Crippen LogP contribution in [0.4, 0.5) is 17.1 Å². The lowest BCUT2D eigenvalue weighted by molar-refractivity contribution is -0.383. The van der Waals surface area contributed by atoms with Crippen LogP contribution in [0.3, 0.4) is 0 Å². The van der Waals surface area contributed by atoms with Crippen molar-refractivity contribution >= 4 is 23.0 Å². The van der Waals surface area contributed by atoms with Gasteiger partial charge < -0.3 is 19.8 Å². The number of aryl methyl sites for hydroxylation is 1. The fourth-order valence-corrected chi connectivity index (χ4v) is 3.83. The molecule has 2 N–H and O–H groups in total. The van der Waals surface area contributed by atoms with E-state index in [2.05, 4.69) is 15.5 Å². The minimum Gasteiger partial charge on any atom is -0.465 e. The summed E-state index contributed by atoms with van der Waals surface area (Å²) in [5, 5.41) is 17.6. The van der Waals surface area contributed by atoms with Gasteiger partial charge >= 0.3 is 0 Å². The van der Waals surface area contributed by atoms with Crippen molar-refractivity contribution in [2.75, 3.05) is 38.2 Å². The summed E-state index contributed by atoms with van der Waals surface area (Å²) in [5.74, 6) is 1.18. The number of hydrogen-bond acceptors (Lipinski definition) is 7. The molecule has 0 spiro atoms. The number of nitrogens with zero attached hydrogens (tertiary/aromatic N) is 2. The van der Waals surface area contributed by atoms with Crippen molar-refractivity contribution in [1.29, 1.82) is 0 Å². The molecule has 172 valence electrons. The summed E-state index contributed by atoms with van der Waals surface area (Å²) in [6, 6.07) is 17.2. The second-order valence-corrected chi connectivity index (χ2v) is 7.80. The fraction of sp³-hybridized carbons (Fsp3) is 0.292. The van der Waals surface area contributed by atoms with E-state index < -0.39 is 4.92 Å². The Balaban J connectivity index is 1.49. The molecule has 1 aliphatic rings. The molecular weight excluding hydrogens is 424 g/mol. The van der Waals surface area contributed by atoms with Crippen LogP contribution in [-0.2, 0) is 4.74 Å². The zero-order chi connectivity index (χ0) is 23.2. The summed E-state index contributed by atoms with van der Waals surface area (Å²) in [7, 11) is 0. The average molecular weight is 450 g/mol. The molecule has 4 rings (SSSR count). The van der Waals surface area contributed by atoms with Gasteiger partial charge in [0.05, 0.1) is 24.2 Å². The summed E-state index contributed by atoms with van der Waals surface area (Å²) in [6.45, 7) is 4.88. The number of amides is 1. The summed E-state index contributed by atoms with van der Waals surface area (Å²) < 4.78 is 11.3. The fourth-order valence-electron chi connectivity index (χ4n) is 3.83. The maximum absolute atomic E-state index is 12.9. The first-order chi connectivity index (χ1) is 16.0. The molecule has 33 heavy (non-hydrogen) atoms. The van der Waals surface area contributed by atoms with Crippen molar-refractivity contribution in [3.05, 3.63) is 87.9 Å². The number of rotatable bonds is 8. The minimum atomic E-state index is -0.496. The smallest absolute Gasteiger partial charge is 0.293 e. The Morgan fingerprint density at radius 1 is 1.12 bits per heavy atom. The van der Waals surface area contributed by atoms with Gasteiger partial charge in [-0.05, 0) is 43.3 Å². The number of furan rings is 1. The molecule has 0 aliphatic carbocycles. The summed E-state index contributed by atoms with van der Waals surface area (Å²) >= 11 is 0. The Kier molecular flexibility index (Phi) is 7.01. The van der Waals surface area contributed by atoms with Gasteiger partial charge in [-0.1, -0.05) is 18.2 Å². The number of morpholine rings is 1. The van der Waals surface area contributed by atoms with E-state index in [1.54, 1.807) is 12.1 Å². The van der Waals surface area contributed by atoms with Gasteiger partial charge in [-0.15, -0.1) is 0 Å². The summed E-state index contributed by atoms with van der Waals surface area (Å²) in [4.78, 5) is 26.2. The van der Waals surface area contributed by atoms with Crippen LogP contribution in [0.2, 0.25) is 0 Å². The number of carbonyl (C=O) groups is 1. The maximum atomic E-state index is 12.9. The number of nitrogens with one attached hydrogen (secondary N) is 2. The van der Waals surface area contributed by atoms with Crippen LogP contribution in [-0.4, -0.2) is 48.6 Å². The third kappa shape index (κ3) is 5.57. The first kappa shape index (κ1) is 22.5. The monoisotopic (exact) mass is 450 g/mol. The van der Waals surface area contributed by atoms with Gasteiger partial charge in [-0.2, -0.15) is 0 Å². The largest absolute Gasteiger partial charge is 0.465 e. The lowest BCUT2D eigenvalue weighted by Gasteiger charge is -2.33. The van der Waals surface area contributed by atoms with Gasteiger partial charge in [0.15, 0.2) is 0 Å². The Labute approximate surface area is 191 Å². The van der Waals surface area contributed by atoms with Crippen LogP contribution in [0.1, 0.15) is 27.9 Å². The standard InChI is InChI=1S/C24H26N4O5/c1-17-7-10-23(33-17)22(27-11-13-32-14-12-27)16-25-24(29)18-8-9-20(21(15-18)28(30)31)26-19-5-3-2-4-6-19/h2-10,15,22,26H,11-14,16H2,1H3,(H,25,29). The predicted molar refractivity (Wildman–Crippen MR) is 124 cm³/mol. The van der Waals surface area contributed by atoms with E-state index >= 15 is 0 Å². The molecule has 2 aromatic carbocycles. The van der Waals surface area contributed by atoms with Gasteiger partial charge in [0.25, 0.3) is 11.6 Å². The molecule has 1 unspecified atom stereocenters. The van der Waals surface area contributed by atoms with Crippen molar-refractivity contribution in [1.82, 2.24) is 10.2 Å². The number of nitro benzene ring substituents is 1. The first-order valence-corrected chi connectivity index (χ1v) is 10.8. The highest BCUT2D eigenvalue weighted by Gasteiger charge is 2.26. The van der Waals surface area contributed by atoms with E-state index in [-0.39, 0.29) is 23.2 Å². The highest BCUT2D eigenvalue weighted by Crippen LogP contribution is 2.29. The Hall–Kier alpha value is -3.69. The number of anilines is 2. The van der Waals surface area contributed by atoms with Gasteiger partial charge in [-0.3, -0.25) is 19.8 Å². The molecule has 1 amide bonds. The van der Waals surface area contributed by atoms with E-state index in [1.165, 1.54) is 6.07 Å². The number of hydrogen-bond donors (Lipinski definition) is 2. The highest BCUT2D eigenvalue weighted by atomic mass is 16.6. The van der Waals surface area contributed by atoms with E-state index in [4.69, 9.17) is 9.15 Å². The Morgan fingerprint density at radius 2 is 1.88 bits per heavy atom. The van der Waals surface area contributed by atoms with Crippen molar-refractivity contribution in [2.24, 2.45) is 0 Å². The SMILES string of the molecule is Cc1ccc(C(CNC(=O)c2ccc(Nc3ccccc3)c([N+](=O)[O-])c2)N2CCOCC2)o1. The second kappa shape index (κ2) is 10.3. The van der Waals surface area contributed by atoms with Crippen LogP contribution in [0.15, 0.2) is 65.1 Å². The Bertz CT molecular complexity index is 1110. The minimum absolute atomic E-state index is 0.152. The quantitative estimate of drug-likeness (QED) is 0.394. The van der Waals surface area contributed by atoms with Crippen molar-refractivity contribution in [2.45, 2.75) is 13.0 Å². The zero-order valence-corrected chi connectivity index (χ0v) is 18.3. The molecule has 1 aromatic heterocycles. The average Bonchev–Trinajstić information content (AvgIpc) is 3.26. The molecular formula is C24H26N4O5. The highest BCUT2D eigenvalue weighted by molar-refractivity contribution is 5.96. The zero-order valence-electron chi connectivity index (χ0n) is 18.3. The first-order valence-electron chi connectivity index (χ1n) is 10.8. The van der Waals surface area contributed by atoms with Crippen LogP contribution >= 0.6 is 0 Å². The maximum Gasteiger partial charge on any atom is 0.293 e. The molecule has 9 heteroatoms. The third-order valence-electron chi connectivity index (χ3n) is 5.54. The van der Waals surface area contributed by atoms with Gasteiger partial charge in [0.2, 0.25) is 0 Å². The normalized spacial score (nSPS) is 15.1. The Morgan fingerprint density at radius 3 is 2.55 bits per heavy atom. The predicted octanol–water partition coefficient (Wildman–Crippen LogP) is 4.04. The van der Waals surface area contributed by atoms with E-state index in [1.807, 2.05) is 49.4 Å². The molecule has 0 radical (unpaired) electrons. The molecule has 0 saturated carbocycles. The molecule has 1 fully saturated rings. The molecule has 2 heterocycles. The van der Waals surface area contributed by atoms with Crippen LogP contribution in [0.5, 0.6) is 0 Å². The van der Waals surface area contributed by atoms with Gasteiger partial charge in [0, 0.05) is 37.0 Å². The summed E-state index contributed by atoms with van der Waals surface area (Å²) in [6.07, 6.45) is 0.